The molecule has 0 amide bonds. The Morgan fingerprint density at radius 3 is 3.00 bits per heavy atom. The minimum atomic E-state index is -0.460. The zero-order valence-electron chi connectivity index (χ0n) is 11.1. The highest BCUT2D eigenvalue weighted by atomic mass is 16.6. The van der Waals surface area contributed by atoms with Crippen molar-refractivity contribution in [1.29, 1.82) is 0 Å². The Bertz CT molecular complexity index is 464. The molecule has 19 heavy (non-hydrogen) atoms. The van der Waals surface area contributed by atoms with Gasteiger partial charge in [0.1, 0.15) is 5.69 Å². The van der Waals surface area contributed by atoms with Gasteiger partial charge in [0.15, 0.2) is 0 Å². The van der Waals surface area contributed by atoms with E-state index in [-0.39, 0.29) is 11.4 Å². The number of nitro benzene ring substituents is 1. The lowest BCUT2D eigenvalue weighted by atomic mass is 10.1. The number of nitrogen functional groups attached to an aromatic ring is 1. The van der Waals surface area contributed by atoms with Gasteiger partial charge in [0.05, 0.1) is 4.92 Å². The van der Waals surface area contributed by atoms with Gasteiger partial charge in [0.25, 0.3) is 5.69 Å². The summed E-state index contributed by atoms with van der Waals surface area (Å²) < 4.78 is 0. The maximum Gasteiger partial charge on any atom is 0.292 e. The largest absolute Gasteiger partial charge is 0.393 e. The number of hydrogen-bond acceptors (Lipinski definition) is 5. The van der Waals surface area contributed by atoms with E-state index >= 15 is 0 Å². The third-order valence-corrected chi connectivity index (χ3v) is 3.55. The highest BCUT2D eigenvalue weighted by Gasteiger charge is 2.19. The van der Waals surface area contributed by atoms with E-state index in [1.165, 1.54) is 12.5 Å². The topological polar surface area (TPSA) is 84.4 Å². The standard InChI is InChI=1S/C13H20N4O2/c1-2-16-7-3-4-11(9-16)15-10-5-6-13(17(18)19)12(14)8-10/h5-6,8,11,15H,2-4,7,9,14H2,1H3. The van der Waals surface area contributed by atoms with Crippen LogP contribution in [0.15, 0.2) is 18.2 Å². The lowest BCUT2D eigenvalue weighted by Gasteiger charge is -2.32. The molecule has 0 aromatic heterocycles. The van der Waals surface area contributed by atoms with E-state index in [1.807, 2.05) is 0 Å². The number of likely N-dealkylation sites (tertiary alicyclic amines) is 1. The number of nitrogens with two attached hydrogens (primary N) is 1. The molecule has 0 spiro atoms. The lowest BCUT2D eigenvalue weighted by molar-refractivity contribution is -0.383. The number of piperidine rings is 1. The van der Waals surface area contributed by atoms with Gasteiger partial charge in [-0.05, 0) is 38.1 Å². The van der Waals surface area contributed by atoms with E-state index in [1.54, 1.807) is 12.1 Å². The number of benzene rings is 1. The van der Waals surface area contributed by atoms with Gasteiger partial charge in [-0.15, -0.1) is 0 Å². The number of anilines is 2. The smallest absolute Gasteiger partial charge is 0.292 e. The molecule has 1 aromatic carbocycles. The predicted molar refractivity (Wildman–Crippen MR) is 76.3 cm³/mol. The first kappa shape index (κ1) is 13.6. The van der Waals surface area contributed by atoms with Gasteiger partial charge in [-0.3, -0.25) is 10.1 Å². The molecule has 1 aromatic rings. The zero-order valence-corrected chi connectivity index (χ0v) is 11.1. The molecule has 0 aliphatic carbocycles. The summed E-state index contributed by atoms with van der Waals surface area (Å²) >= 11 is 0. The van der Waals surface area contributed by atoms with Crippen molar-refractivity contribution in [2.24, 2.45) is 0 Å². The SMILES string of the molecule is CCN1CCCC(Nc2ccc([N+](=O)[O-])c(N)c2)C1. The number of nitro groups is 1. The number of hydrogen-bond donors (Lipinski definition) is 2. The zero-order chi connectivity index (χ0) is 13.8. The first-order chi connectivity index (χ1) is 9.10. The van der Waals surface area contributed by atoms with Crippen LogP contribution in [0.1, 0.15) is 19.8 Å². The average molecular weight is 264 g/mol. The van der Waals surface area contributed by atoms with E-state index in [4.69, 9.17) is 5.73 Å². The molecule has 104 valence electrons. The van der Waals surface area contributed by atoms with Gasteiger partial charge < -0.3 is 16.0 Å². The second-order valence-electron chi connectivity index (χ2n) is 4.91. The van der Waals surface area contributed by atoms with Gasteiger partial charge in [-0.2, -0.15) is 0 Å². The molecule has 6 nitrogen and oxygen atoms in total. The molecule has 1 heterocycles. The highest BCUT2D eigenvalue weighted by molar-refractivity contribution is 5.66. The van der Waals surface area contributed by atoms with Crippen molar-refractivity contribution in [2.45, 2.75) is 25.8 Å². The van der Waals surface area contributed by atoms with Crippen LogP contribution in [-0.4, -0.2) is 35.5 Å². The maximum absolute atomic E-state index is 10.7. The van der Waals surface area contributed by atoms with E-state index in [2.05, 4.69) is 17.1 Å². The summed E-state index contributed by atoms with van der Waals surface area (Å²) in [6, 6.07) is 5.20. The summed E-state index contributed by atoms with van der Waals surface area (Å²) in [5.74, 6) is 0. The molecule has 1 aliphatic heterocycles. The quantitative estimate of drug-likeness (QED) is 0.494. The van der Waals surface area contributed by atoms with Crippen molar-refractivity contribution in [1.82, 2.24) is 4.90 Å². The molecular formula is C13H20N4O2. The van der Waals surface area contributed by atoms with Crippen LogP contribution < -0.4 is 11.1 Å². The normalized spacial score (nSPS) is 20.2. The summed E-state index contributed by atoms with van der Waals surface area (Å²) in [5, 5.41) is 14.1. The fourth-order valence-electron chi connectivity index (χ4n) is 2.51. The Balaban J connectivity index is 2.03. The second-order valence-corrected chi connectivity index (χ2v) is 4.91. The molecule has 1 saturated heterocycles. The van der Waals surface area contributed by atoms with Crippen LogP contribution >= 0.6 is 0 Å². The van der Waals surface area contributed by atoms with Crippen molar-refractivity contribution in [3.8, 4) is 0 Å². The number of likely N-dealkylation sites (N-methyl/N-ethyl adjacent to an activating group) is 1. The molecule has 6 heteroatoms. The van der Waals surface area contributed by atoms with Crippen LogP contribution in [0, 0.1) is 10.1 Å². The Kier molecular flexibility index (Phi) is 4.21. The van der Waals surface area contributed by atoms with E-state index < -0.39 is 4.92 Å². The van der Waals surface area contributed by atoms with E-state index in [0.717, 1.165) is 31.7 Å². The van der Waals surface area contributed by atoms with Crippen molar-refractivity contribution < 1.29 is 4.92 Å². The first-order valence-corrected chi connectivity index (χ1v) is 6.63. The summed E-state index contributed by atoms with van der Waals surface area (Å²) in [6.45, 7) is 5.37. The van der Waals surface area contributed by atoms with Crippen LogP contribution in [0.25, 0.3) is 0 Å². The molecule has 3 N–H and O–H groups in total. The van der Waals surface area contributed by atoms with Gasteiger partial charge in [-0.1, -0.05) is 6.92 Å². The van der Waals surface area contributed by atoms with Crippen molar-refractivity contribution in [3.05, 3.63) is 28.3 Å². The second kappa shape index (κ2) is 5.88. The molecule has 1 atom stereocenters. The third kappa shape index (κ3) is 3.35. The minimum Gasteiger partial charge on any atom is -0.393 e. The summed E-state index contributed by atoms with van der Waals surface area (Å²) in [5.41, 5.74) is 6.71. The first-order valence-electron chi connectivity index (χ1n) is 6.63. The molecule has 0 bridgehead atoms. The van der Waals surface area contributed by atoms with Crippen LogP contribution in [0.2, 0.25) is 0 Å². The molecular weight excluding hydrogens is 244 g/mol. The molecule has 1 fully saturated rings. The third-order valence-electron chi connectivity index (χ3n) is 3.55. The Labute approximate surface area is 112 Å². The molecule has 1 aliphatic rings. The molecule has 2 rings (SSSR count). The predicted octanol–water partition coefficient (Wildman–Crippen LogP) is 2.07. The number of nitrogens with one attached hydrogen (secondary N) is 1. The van der Waals surface area contributed by atoms with Gasteiger partial charge in [-0.25, -0.2) is 0 Å². The molecule has 0 radical (unpaired) electrons. The number of rotatable bonds is 4. The highest BCUT2D eigenvalue weighted by Crippen LogP contribution is 2.26. The minimum absolute atomic E-state index is 0.0376. The van der Waals surface area contributed by atoms with Crippen molar-refractivity contribution >= 4 is 17.1 Å². The lowest BCUT2D eigenvalue weighted by Crippen LogP contribution is -2.41. The fourth-order valence-corrected chi connectivity index (χ4v) is 2.51. The fraction of sp³-hybridized carbons (Fsp3) is 0.538. The van der Waals surface area contributed by atoms with E-state index in [9.17, 15) is 10.1 Å². The van der Waals surface area contributed by atoms with Crippen LogP contribution in [-0.2, 0) is 0 Å². The van der Waals surface area contributed by atoms with E-state index in [0.29, 0.717) is 6.04 Å². The summed E-state index contributed by atoms with van der Waals surface area (Å²) in [7, 11) is 0. The average Bonchev–Trinajstić information content (AvgIpc) is 2.38. The van der Waals surface area contributed by atoms with Gasteiger partial charge in [0, 0.05) is 24.3 Å². The monoisotopic (exact) mass is 264 g/mol. The van der Waals surface area contributed by atoms with Crippen LogP contribution in [0.3, 0.4) is 0 Å². The van der Waals surface area contributed by atoms with Crippen molar-refractivity contribution in [2.75, 3.05) is 30.7 Å². The Morgan fingerprint density at radius 2 is 2.37 bits per heavy atom. The van der Waals surface area contributed by atoms with Gasteiger partial charge >= 0.3 is 0 Å². The van der Waals surface area contributed by atoms with Gasteiger partial charge in [0.2, 0.25) is 0 Å². The molecule has 1 unspecified atom stereocenters. The number of nitrogens with zero attached hydrogens (tertiary/aromatic N) is 2. The molecule has 0 saturated carbocycles. The summed E-state index contributed by atoms with van der Waals surface area (Å²) in [4.78, 5) is 12.6. The maximum atomic E-state index is 10.7. The summed E-state index contributed by atoms with van der Waals surface area (Å²) in [6.07, 6.45) is 2.29. The van der Waals surface area contributed by atoms with Crippen LogP contribution in [0.5, 0.6) is 0 Å². The Hall–Kier alpha value is -1.82. The van der Waals surface area contributed by atoms with Crippen molar-refractivity contribution in [3.63, 3.8) is 0 Å². The Morgan fingerprint density at radius 1 is 1.58 bits per heavy atom. The van der Waals surface area contributed by atoms with Crippen LogP contribution in [0.4, 0.5) is 17.1 Å².